The van der Waals surface area contributed by atoms with E-state index in [1.165, 1.54) is 29.1 Å². The van der Waals surface area contributed by atoms with Crippen LogP contribution in [0.1, 0.15) is 39.2 Å². The third kappa shape index (κ3) is 5.80. The molecule has 0 saturated carbocycles. The summed E-state index contributed by atoms with van der Waals surface area (Å²) in [6, 6.07) is 7.82. The molecule has 0 spiro atoms. The summed E-state index contributed by atoms with van der Waals surface area (Å²) in [5, 5.41) is 10.4. The number of hydrogen-bond acceptors (Lipinski definition) is 7. The van der Waals surface area contributed by atoms with Gasteiger partial charge in [-0.05, 0) is 49.7 Å². The van der Waals surface area contributed by atoms with Gasteiger partial charge in [0.15, 0.2) is 5.69 Å². The van der Waals surface area contributed by atoms with Crippen LogP contribution in [-0.2, 0) is 11.3 Å². The average molecular weight is 449 g/mol. The molecular formula is C20H18F3N5O4. The molecule has 0 radical (unpaired) electrons. The summed E-state index contributed by atoms with van der Waals surface area (Å²) in [6.07, 6.45) is -3.35. The zero-order chi connectivity index (χ0) is 23.3. The highest BCUT2D eigenvalue weighted by Gasteiger charge is 2.31. The summed E-state index contributed by atoms with van der Waals surface area (Å²) in [5.41, 5.74) is 1.67. The molecule has 0 aliphatic rings. The first kappa shape index (κ1) is 22.7. The van der Waals surface area contributed by atoms with E-state index in [4.69, 9.17) is 4.74 Å². The molecule has 0 aliphatic heterocycles. The van der Waals surface area contributed by atoms with Crippen LogP contribution in [0.4, 0.5) is 18.9 Å². The normalized spacial score (nSPS) is 11.2. The fraction of sp³-hybridized carbons (Fsp3) is 0.250. The van der Waals surface area contributed by atoms with Crippen LogP contribution in [0.15, 0.2) is 42.6 Å². The van der Waals surface area contributed by atoms with E-state index < -0.39 is 24.0 Å². The smallest absolute Gasteiger partial charge is 0.461 e. The number of benzene rings is 1. The van der Waals surface area contributed by atoms with Crippen molar-refractivity contribution in [3.63, 3.8) is 0 Å². The van der Waals surface area contributed by atoms with E-state index in [1.54, 1.807) is 19.9 Å². The van der Waals surface area contributed by atoms with E-state index in [9.17, 15) is 22.8 Å². The molecule has 168 valence electrons. The van der Waals surface area contributed by atoms with Crippen molar-refractivity contribution in [2.45, 2.75) is 26.8 Å². The number of alkyl halides is 3. The van der Waals surface area contributed by atoms with E-state index in [-0.39, 0.29) is 30.2 Å². The maximum Gasteiger partial charge on any atom is 0.573 e. The van der Waals surface area contributed by atoms with E-state index in [0.717, 1.165) is 12.1 Å². The second-order valence-electron chi connectivity index (χ2n) is 6.48. The molecule has 0 atom stereocenters. The Morgan fingerprint density at radius 2 is 1.84 bits per heavy atom. The minimum Gasteiger partial charge on any atom is -0.461 e. The lowest BCUT2D eigenvalue weighted by Gasteiger charge is -2.10. The van der Waals surface area contributed by atoms with Gasteiger partial charge in [0, 0.05) is 11.9 Å². The molecule has 0 fully saturated rings. The molecule has 3 aromatic rings. The number of carbonyl (C=O) groups excluding carboxylic acids is 2. The van der Waals surface area contributed by atoms with Gasteiger partial charge in [0.1, 0.15) is 11.4 Å². The minimum absolute atomic E-state index is 0.0877. The maximum atomic E-state index is 12.3. The Morgan fingerprint density at radius 1 is 1.12 bits per heavy atom. The molecule has 3 rings (SSSR count). The van der Waals surface area contributed by atoms with E-state index >= 15 is 0 Å². The van der Waals surface area contributed by atoms with Crippen molar-refractivity contribution in [2.75, 3.05) is 11.9 Å². The number of ether oxygens (including phenoxy) is 2. The van der Waals surface area contributed by atoms with Gasteiger partial charge in [-0.25, -0.2) is 9.48 Å². The number of esters is 1. The van der Waals surface area contributed by atoms with Gasteiger partial charge in [0.2, 0.25) is 0 Å². The summed E-state index contributed by atoms with van der Waals surface area (Å²) < 4.78 is 46.8. The van der Waals surface area contributed by atoms with Crippen LogP contribution in [0.25, 0.3) is 0 Å². The van der Waals surface area contributed by atoms with Crippen LogP contribution in [0.5, 0.6) is 5.75 Å². The summed E-state index contributed by atoms with van der Waals surface area (Å²) in [7, 11) is 0. The van der Waals surface area contributed by atoms with Crippen molar-refractivity contribution in [2.24, 2.45) is 0 Å². The Kier molecular flexibility index (Phi) is 6.71. The third-order valence-corrected chi connectivity index (χ3v) is 4.11. The van der Waals surface area contributed by atoms with Crippen molar-refractivity contribution >= 4 is 17.6 Å². The Bertz CT molecular complexity index is 1100. The molecular weight excluding hydrogens is 431 g/mol. The van der Waals surface area contributed by atoms with Gasteiger partial charge in [-0.1, -0.05) is 11.3 Å². The molecule has 9 nitrogen and oxygen atoms in total. The van der Waals surface area contributed by atoms with Gasteiger partial charge in [-0.15, -0.1) is 18.3 Å². The highest BCUT2D eigenvalue weighted by atomic mass is 19.4. The van der Waals surface area contributed by atoms with Crippen LogP contribution in [0.3, 0.4) is 0 Å². The zero-order valence-corrected chi connectivity index (χ0v) is 17.0. The Hall–Kier alpha value is -3.96. The number of aryl methyl sites for hydroxylation is 1. The summed E-state index contributed by atoms with van der Waals surface area (Å²) >= 11 is 0. The van der Waals surface area contributed by atoms with Crippen LogP contribution in [-0.4, -0.2) is 44.8 Å². The summed E-state index contributed by atoms with van der Waals surface area (Å²) in [4.78, 5) is 28.5. The molecule has 2 heterocycles. The fourth-order valence-corrected chi connectivity index (χ4v) is 2.72. The van der Waals surface area contributed by atoms with Crippen molar-refractivity contribution in [1.29, 1.82) is 0 Å². The first-order valence-electron chi connectivity index (χ1n) is 9.35. The topological polar surface area (TPSA) is 108 Å². The average Bonchev–Trinajstić information content (AvgIpc) is 3.09. The maximum absolute atomic E-state index is 12.3. The standard InChI is InChI=1S/C20H18F3N5O4/c1-3-31-19(30)17-12(2)26-27-28(17)11-13-4-9-16(24-10-13)18(29)25-14-5-7-15(8-6-14)32-20(21,22)23/h4-10H,3,11H2,1-2H3,(H,25,29). The molecule has 1 amide bonds. The van der Waals surface area contributed by atoms with Crippen LogP contribution >= 0.6 is 0 Å². The first-order valence-corrected chi connectivity index (χ1v) is 9.35. The number of aromatic nitrogens is 4. The summed E-state index contributed by atoms with van der Waals surface area (Å²) in [6.45, 7) is 3.74. The van der Waals surface area contributed by atoms with Crippen LogP contribution in [0.2, 0.25) is 0 Å². The van der Waals surface area contributed by atoms with Gasteiger partial charge in [0.05, 0.1) is 18.8 Å². The van der Waals surface area contributed by atoms with Gasteiger partial charge >= 0.3 is 12.3 Å². The number of halogens is 3. The molecule has 32 heavy (non-hydrogen) atoms. The lowest BCUT2D eigenvalue weighted by Crippen LogP contribution is -2.17. The number of carbonyl (C=O) groups is 2. The lowest BCUT2D eigenvalue weighted by molar-refractivity contribution is -0.274. The van der Waals surface area contributed by atoms with Crippen molar-refractivity contribution in [3.8, 4) is 5.75 Å². The highest BCUT2D eigenvalue weighted by Crippen LogP contribution is 2.24. The molecule has 0 saturated heterocycles. The van der Waals surface area contributed by atoms with E-state index in [0.29, 0.717) is 11.3 Å². The van der Waals surface area contributed by atoms with Crippen molar-refractivity contribution < 1.29 is 32.2 Å². The largest absolute Gasteiger partial charge is 0.573 e. The van der Waals surface area contributed by atoms with Gasteiger partial charge in [0.25, 0.3) is 5.91 Å². The quantitative estimate of drug-likeness (QED) is 0.551. The van der Waals surface area contributed by atoms with Crippen LogP contribution in [0, 0.1) is 6.92 Å². The Balaban J connectivity index is 1.65. The number of nitrogens with one attached hydrogen (secondary N) is 1. The number of amides is 1. The number of anilines is 1. The number of nitrogens with zero attached hydrogens (tertiary/aromatic N) is 4. The Labute approximate surface area is 180 Å². The van der Waals surface area contributed by atoms with Gasteiger partial charge in [-0.3, -0.25) is 9.78 Å². The lowest BCUT2D eigenvalue weighted by atomic mass is 10.2. The number of pyridine rings is 1. The second-order valence-corrected chi connectivity index (χ2v) is 6.48. The molecule has 1 aromatic carbocycles. The molecule has 1 N–H and O–H groups in total. The van der Waals surface area contributed by atoms with Crippen molar-refractivity contribution in [1.82, 2.24) is 20.0 Å². The molecule has 0 unspecified atom stereocenters. The second kappa shape index (κ2) is 9.45. The highest BCUT2D eigenvalue weighted by molar-refractivity contribution is 6.02. The monoisotopic (exact) mass is 449 g/mol. The predicted molar refractivity (Wildman–Crippen MR) is 105 cm³/mol. The van der Waals surface area contributed by atoms with Gasteiger partial charge < -0.3 is 14.8 Å². The van der Waals surface area contributed by atoms with E-state index in [2.05, 4.69) is 25.3 Å². The number of rotatable bonds is 7. The van der Waals surface area contributed by atoms with Crippen LogP contribution < -0.4 is 10.1 Å². The molecule has 0 aliphatic carbocycles. The van der Waals surface area contributed by atoms with Gasteiger partial charge in [-0.2, -0.15) is 0 Å². The van der Waals surface area contributed by atoms with Crippen molar-refractivity contribution in [3.05, 3.63) is 65.2 Å². The molecule has 2 aromatic heterocycles. The summed E-state index contributed by atoms with van der Waals surface area (Å²) in [5.74, 6) is -1.49. The third-order valence-electron chi connectivity index (χ3n) is 4.11. The van der Waals surface area contributed by atoms with E-state index in [1.807, 2.05) is 0 Å². The predicted octanol–water partition coefficient (Wildman–Crippen LogP) is 3.36. The SMILES string of the molecule is CCOC(=O)c1c(C)nnn1Cc1ccc(C(=O)Nc2ccc(OC(F)(F)F)cc2)nc1. The zero-order valence-electron chi connectivity index (χ0n) is 17.0. The molecule has 0 bridgehead atoms. The molecule has 12 heteroatoms. The fourth-order valence-electron chi connectivity index (χ4n) is 2.72. The minimum atomic E-state index is -4.79. The Morgan fingerprint density at radius 3 is 2.44 bits per heavy atom. The first-order chi connectivity index (χ1) is 15.2. The number of hydrogen-bond donors (Lipinski definition) is 1.